The van der Waals surface area contributed by atoms with Gasteiger partial charge < -0.3 is 4.90 Å². The average molecular weight is 224 g/mol. The zero-order valence-corrected chi connectivity index (χ0v) is 10.4. The van der Waals surface area contributed by atoms with E-state index in [9.17, 15) is 4.79 Å². The van der Waals surface area contributed by atoms with Crippen molar-refractivity contribution in [2.75, 3.05) is 13.1 Å². The molecular weight excluding hydrogens is 200 g/mol. The highest BCUT2D eigenvalue weighted by Gasteiger charge is 2.29. The molecule has 0 aromatic carbocycles. The second kappa shape index (κ2) is 5.67. The van der Waals surface area contributed by atoms with Crippen molar-refractivity contribution in [1.29, 1.82) is 0 Å². The molecule has 0 radical (unpaired) electrons. The lowest BCUT2D eigenvalue weighted by molar-refractivity contribution is -0.128. The number of amides is 1. The molecule has 3 nitrogen and oxygen atoms in total. The fourth-order valence-corrected chi connectivity index (χ4v) is 3.02. The predicted octanol–water partition coefficient (Wildman–Crippen LogP) is 2.12. The van der Waals surface area contributed by atoms with Gasteiger partial charge in [-0.2, -0.15) is 0 Å². The van der Waals surface area contributed by atoms with Gasteiger partial charge in [0.1, 0.15) is 0 Å². The molecule has 16 heavy (non-hydrogen) atoms. The van der Waals surface area contributed by atoms with E-state index in [2.05, 4.69) is 17.1 Å². The summed E-state index contributed by atoms with van der Waals surface area (Å²) in [6.07, 6.45) is 9.33. The molecule has 1 aliphatic carbocycles. The lowest BCUT2D eigenvalue weighted by Crippen LogP contribution is -2.38. The van der Waals surface area contributed by atoms with Gasteiger partial charge in [0.05, 0.1) is 12.7 Å². The molecule has 0 aromatic rings. The molecule has 3 heteroatoms. The summed E-state index contributed by atoms with van der Waals surface area (Å²) in [7, 11) is 0. The maximum Gasteiger partial charge on any atom is 0.237 e. The fraction of sp³-hybridized carbons (Fsp3) is 0.923. The van der Waals surface area contributed by atoms with E-state index < -0.39 is 0 Å². The zero-order chi connectivity index (χ0) is 11.4. The molecule has 0 aromatic heterocycles. The second-order valence-electron chi connectivity index (χ2n) is 5.21. The molecule has 1 atom stereocenters. The molecule has 2 fully saturated rings. The van der Waals surface area contributed by atoms with Crippen LogP contribution in [0.1, 0.15) is 51.9 Å². The molecule has 2 rings (SSSR count). The number of carbonyl (C=O) groups is 1. The Morgan fingerprint density at radius 2 is 2.06 bits per heavy atom. The Hall–Kier alpha value is -0.570. The monoisotopic (exact) mass is 224 g/mol. The van der Waals surface area contributed by atoms with Gasteiger partial charge in [-0.05, 0) is 18.8 Å². The molecule has 0 spiro atoms. The van der Waals surface area contributed by atoms with Crippen molar-refractivity contribution in [3.63, 3.8) is 0 Å². The van der Waals surface area contributed by atoms with Crippen molar-refractivity contribution in [1.82, 2.24) is 10.2 Å². The lowest BCUT2D eigenvalue weighted by atomic mass is 10.0. The summed E-state index contributed by atoms with van der Waals surface area (Å²) >= 11 is 0. The number of hydrogen-bond donors (Lipinski definition) is 1. The first-order valence-electron chi connectivity index (χ1n) is 6.84. The van der Waals surface area contributed by atoms with Gasteiger partial charge in [0.25, 0.3) is 0 Å². The van der Waals surface area contributed by atoms with E-state index >= 15 is 0 Å². The number of hydrogen-bond acceptors (Lipinski definition) is 2. The van der Waals surface area contributed by atoms with Crippen LogP contribution in [0.5, 0.6) is 0 Å². The van der Waals surface area contributed by atoms with E-state index in [1.807, 2.05) is 0 Å². The third-order valence-electron chi connectivity index (χ3n) is 4.00. The standard InChI is InChI=1S/C13H24N2O/c1-2-5-12-14-10-13(16)15(12)9-8-11-6-3-4-7-11/h11-12,14H,2-10H2,1H3. The number of rotatable bonds is 5. The topological polar surface area (TPSA) is 32.3 Å². The lowest BCUT2D eigenvalue weighted by Gasteiger charge is -2.25. The Kier molecular flexibility index (Phi) is 4.22. The first kappa shape index (κ1) is 11.9. The van der Waals surface area contributed by atoms with Crippen LogP contribution in [0.4, 0.5) is 0 Å². The van der Waals surface area contributed by atoms with E-state index in [0.29, 0.717) is 18.6 Å². The highest BCUT2D eigenvalue weighted by Crippen LogP contribution is 2.28. The minimum Gasteiger partial charge on any atom is -0.326 e. The Morgan fingerprint density at radius 3 is 2.75 bits per heavy atom. The summed E-state index contributed by atoms with van der Waals surface area (Å²) in [5, 5.41) is 3.31. The largest absolute Gasteiger partial charge is 0.326 e. The number of carbonyl (C=O) groups excluding carboxylic acids is 1. The van der Waals surface area contributed by atoms with Gasteiger partial charge in [-0.1, -0.05) is 39.0 Å². The molecule has 92 valence electrons. The summed E-state index contributed by atoms with van der Waals surface area (Å²) in [4.78, 5) is 13.8. The molecule has 0 bridgehead atoms. The third-order valence-corrected chi connectivity index (χ3v) is 4.00. The molecule has 1 aliphatic heterocycles. The highest BCUT2D eigenvalue weighted by atomic mass is 16.2. The Balaban J connectivity index is 1.78. The van der Waals surface area contributed by atoms with E-state index in [-0.39, 0.29) is 0 Å². The fourth-order valence-electron chi connectivity index (χ4n) is 3.02. The van der Waals surface area contributed by atoms with Crippen LogP contribution in [-0.2, 0) is 4.79 Å². The molecule has 1 unspecified atom stereocenters. The Morgan fingerprint density at radius 1 is 1.31 bits per heavy atom. The molecule has 1 heterocycles. The minimum absolute atomic E-state index is 0.302. The van der Waals surface area contributed by atoms with Crippen LogP contribution in [0.15, 0.2) is 0 Å². The van der Waals surface area contributed by atoms with Crippen LogP contribution in [0.3, 0.4) is 0 Å². The van der Waals surface area contributed by atoms with Gasteiger partial charge in [0.2, 0.25) is 5.91 Å². The smallest absolute Gasteiger partial charge is 0.237 e. The van der Waals surface area contributed by atoms with Crippen molar-refractivity contribution in [3.05, 3.63) is 0 Å². The van der Waals surface area contributed by atoms with Crippen LogP contribution >= 0.6 is 0 Å². The van der Waals surface area contributed by atoms with Gasteiger partial charge >= 0.3 is 0 Å². The van der Waals surface area contributed by atoms with Gasteiger partial charge in [0, 0.05) is 6.54 Å². The summed E-state index contributed by atoms with van der Waals surface area (Å²) in [6.45, 7) is 3.70. The molecule has 1 saturated heterocycles. The van der Waals surface area contributed by atoms with Crippen molar-refractivity contribution >= 4 is 5.91 Å². The van der Waals surface area contributed by atoms with E-state index in [1.54, 1.807) is 0 Å². The van der Waals surface area contributed by atoms with Gasteiger partial charge in [-0.3, -0.25) is 10.1 Å². The molecule has 1 amide bonds. The van der Waals surface area contributed by atoms with Crippen molar-refractivity contribution in [2.24, 2.45) is 5.92 Å². The van der Waals surface area contributed by atoms with Crippen molar-refractivity contribution < 1.29 is 4.79 Å². The van der Waals surface area contributed by atoms with Crippen LogP contribution in [0, 0.1) is 5.92 Å². The van der Waals surface area contributed by atoms with E-state index in [4.69, 9.17) is 0 Å². The average Bonchev–Trinajstić information content (AvgIpc) is 2.88. The number of nitrogens with zero attached hydrogens (tertiary/aromatic N) is 1. The maximum atomic E-state index is 11.7. The zero-order valence-electron chi connectivity index (χ0n) is 10.4. The van der Waals surface area contributed by atoms with Crippen LogP contribution < -0.4 is 5.32 Å². The summed E-state index contributed by atoms with van der Waals surface area (Å²) < 4.78 is 0. The van der Waals surface area contributed by atoms with E-state index in [1.165, 1.54) is 32.1 Å². The Labute approximate surface area is 98.6 Å². The SMILES string of the molecule is CCCC1NCC(=O)N1CCC1CCCC1. The Bertz CT molecular complexity index is 236. The maximum absolute atomic E-state index is 11.7. The van der Waals surface area contributed by atoms with Crippen molar-refractivity contribution in [3.8, 4) is 0 Å². The van der Waals surface area contributed by atoms with Gasteiger partial charge in [0.15, 0.2) is 0 Å². The van der Waals surface area contributed by atoms with Crippen molar-refractivity contribution in [2.45, 2.75) is 58.0 Å². The molecule has 1 saturated carbocycles. The first-order chi connectivity index (χ1) is 7.81. The second-order valence-corrected chi connectivity index (χ2v) is 5.21. The molecule has 1 N–H and O–H groups in total. The summed E-state index contributed by atoms with van der Waals surface area (Å²) in [6, 6.07) is 0. The summed E-state index contributed by atoms with van der Waals surface area (Å²) in [5.74, 6) is 1.19. The molecular formula is C13H24N2O. The normalized spacial score (nSPS) is 26.9. The minimum atomic E-state index is 0.302. The van der Waals surface area contributed by atoms with Crippen LogP contribution in [0.25, 0.3) is 0 Å². The van der Waals surface area contributed by atoms with Gasteiger partial charge in [-0.15, -0.1) is 0 Å². The summed E-state index contributed by atoms with van der Waals surface area (Å²) in [5.41, 5.74) is 0. The molecule has 2 aliphatic rings. The van der Waals surface area contributed by atoms with E-state index in [0.717, 1.165) is 25.3 Å². The third kappa shape index (κ3) is 2.76. The van der Waals surface area contributed by atoms with Gasteiger partial charge in [-0.25, -0.2) is 0 Å². The van der Waals surface area contributed by atoms with Crippen LogP contribution in [-0.4, -0.2) is 30.1 Å². The first-order valence-corrected chi connectivity index (χ1v) is 6.84. The van der Waals surface area contributed by atoms with Crippen LogP contribution in [0.2, 0.25) is 0 Å². The highest BCUT2D eigenvalue weighted by molar-refractivity contribution is 5.80. The number of nitrogens with one attached hydrogen (secondary N) is 1. The predicted molar refractivity (Wildman–Crippen MR) is 65.0 cm³/mol. The quantitative estimate of drug-likeness (QED) is 0.776.